The summed E-state index contributed by atoms with van der Waals surface area (Å²) in [5.74, 6) is -1.68. The standard InChI is InChI=1S/C38H37F2N3O4SSi/c1-27-13-11-12-18-36(27)48(44,45)46-26-28-19-20-41-25-31(28)37-42-34-23-32(39)33(40)24-35(34)43(37)21-22-47-49(38(2,3)4,29-14-7-5-8-15-29)30-16-9-6-10-17-30/h5-20,23-25H,21-22,26H2,1-4H3. The van der Waals surface area contributed by atoms with Crippen LogP contribution >= 0.6 is 0 Å². The molecule has 4 aromatic carbocycles. The quantitative estimate of drug-likeness (QED) is 0.106. The molecule has 0 fully saturated rings. The Labute approximate surface area is 286 Å². The first-order chi connectivity index (χ1) is 23.4. The molecule has 0 bridgehead atoms. The van der Waals surface area contributed by atoms with Crippen LogP contribution in [0.1, 0.15) is 31.9 Å². The van der Waals surface area contributed by atoms with E-state index in [-0.39, 0.29) is 35.2 Å². The first-order valence-corrected chi connectivity index (χ1v) is 19.2. The van der Waals surface area contributed by atoms with E-state index >= 15 is 0 Å². The third-order valence-electron chi connectivity index (χ3n) is 8.73. The topological polar surface area (TPSA) is 83.3 Å². The fraction of sp³-hybridized carbons (Fsp3) is 0.211. The molecule has 2 aromatic heterocycles. The molecule has 0 atom stereocenters. The van der Waals surface area contributed by atoms with Crippen molar-refractivity contribution in [2.24, 2.45) is 0 Å². The fourth-order valence-corrected chi connectivity index (χ4v) is 12.1. The first-order valence-electron chi connectivity index (χ1n) is 15.9. The summed E-state index contributed by atoms with van der Waals surface area (Å²) in [5.41, 5.74) is 2.11. The van der Waals surface area contributed by atoms with Gasteiger partial charge < -0.3 is 8.99 Å². The van der Waals surface area contributed by atoms with Crippen LogP contribution < -0.4 is 10.4 Å². The summed E-state index contributed by atoms with van der Waals surface area (Å²) < 4.78 is 69.9. The third kappa shape index (κ3) is 6.71. The van der Waals surface area contributed by atoms with Gasteiger partial charge in [-0.25, -0.2) is 13.8 Å². The average Bonchev–Trinajstić information content (AvgIpc) is 3.42. The van der Waals surface area contributed by atoms with Crippen LogP contribution in [0.25, 0.3) is 22.4 Å². The summed E-state index contributed by atoms with van der Waals surface area (Å²) in [7, 11) is -7.01. The van der Waals surface area contributed by atoms with Crippen LogP contribution in [0.3, 0.4) is 0 Å². The van der Waals surface area contributed by atoms with Crippen molar-refractivity contribution >= 4 is 39.8 Å². The van der Waals surface area contributed by atoms with E-state index in [1.165, 1.54) is 12.3 Å². The SMILES string of the molecule is Cc1ccccc1S(=O)(=O)OCc1ccncc1-c1nc2cc(F)c(F)cc2n1CCO[Si](c1ccccc1)(c1ccccc1)C(C)(C)C. The van der Waals surface area contributed by atoms with Crippen LogP contribution in [-0.2, 0) is 31.9 Å². The van der Waals surface area contributed by atoms with Crippen LogP contribution in [0.15, 0.2) is 120 Å². The molecule has 0 radical (unpaired) electrons. The van der Waals surface area contributed by atoms with E-state index in [0.717, 1.165) is 22.5 Å². The number of aromatic nitrogens is 3. The van der Waals surface area contributed by atoms with Gasteiger partial charge in [-0.1, -0.05) is 99.6 Å². The second kappa shape index (κ2) is 13.8. The van der Waals surface area contributed by atoms with Crippen LogP contribution in [0.2, 0.25) is 5.04 Å². The second-order valence-corrected chi connectivity index (χ2v) is 18.8. The summed E-state index contributed by atoms with van der Waals surface area (Å²) in [6.45, 7) is 8.40. The van der Waals surface area contributed by atoms with Gasteiger partial charge in [-0.2, -0.15) is 8.42 Å². The molecule has 0 aliphatic rings. The van der Waals surface area contributed by atoms with E-state index < -0.39 is 30.1 Å². The van der Waals surface area contributed by atoms with Gasteiger partial charge in [0.25, 0.3) is 18.4 Å². The predicted molar refractivity (Wildman–Crippen MR) is 190 cm³/mol. The summed E-state index contributed by atoms with van der Waals surface area (Å²) in [4.78, 5) is 9.07. The maximum Gasteiger partial charge on any atom is 0.297 e. The van der Waals surface area contributed by atoms with Gasteiger partial charge in [-0.05, 0) is 45.6 Å². The summed E-state index contributed by atoms with van der Waals surface area (Å²) in [5, 5.41) is 1.94. The highest BCUT2D eigenvalue weighted by molar-refractivity contribution is 7.86. The number of hydrogen-bond donors (Lipinski definition) is 0. The largest absolute Gasteiger partial charge is 0.406 e. The molecule has 0 saturated carbocycles. The Morgan fingerprint density at radius 1 is 0.837 bits per heavy atom. The van der Waals surface area contributed by atoms with Crippen molar-refractivity contribution in [2.75, 3.05) is 6.61 Å². The molecule has 7 nitrogen and oxygen atoms in total. The maximum atomic E-state index is 14.7. The van der Waals surface area contributed by atoms with Gasteiger partial charge in [-0.15, -0.1) is 0 Å². The molecular formula is C38H37F2N3O4SSi. The minimum atomic E-state index is -4.09. The molecule has 49 heavy (non-hydrogen) atoms. The molecule has 2 heterocycles. The number of halogens is 2. The first kappa shape index (κ1) is 34.3. The van der Waals surface area contributed by atoms with E-state index in [0.29, 0.717) is 28.0 Å². The number of imidazole rings is 1. The minimum absolute atomic E-state index is 0.0734. The van der Waals surface area contributed by atoms with Crippen molar-refractivity contribution in [2.45, 2.75) is 50.8 Å². The van der Waals surface area contributed by atoms with E-state index in [9.17, 15) is 17.2 Å². The number of fused-ring (bicyclic) bond motifs is 1. The lowest BCUT2D eigenvalue weighted by Crippen LogP contribution is -2.66. The fourth-order valence-electron chi connectivity index (χ4n) is 6.40. The second-order valence-electron chi connectivity index (χ2n) is 12.9. The maximum absolute atomic E-state index is 14.7. The molecule has 0 aliphatic carbocycles. The third-order valence-corrected chi connectivity index (χ3v) is 15.2. The number of rotatable bonds is 11. The molecular weight excluding hydrogens is 661 g/mol. The molecule has 6 aromatic rings. The van der Waals surface area contributed by atoms with Gasteiger partial charge in [0.15, 0.2) is 11.6 Å². The van der Waals surface area contributed by atoms with E-state index in [2.05, 4.69) is 50.0 Å². The lowest BCUT2D eigenvalue weighted by atomic mass is 10.1. The highest BCUT2D eigenvalue weighted by atomic mass is 32.2. The average molecular weight is 698 g/mol. The highest BCUT2D eigenvalue weighted by Crippen LogP contribution is 2.37. The van der Waals surface area contributed by atoms with Gasteiger partial charge in [0.05, 0.1) is 29.1 Å². The van der Waals surface area contributed by atoms with E-state index in [1.807, 2.05) is 36.4 Å². The minimum Gasteiger partial charge on any atom is -0.406 e. The molecule has 0 saturated heterocycles. The lowest BCUT2D eigenvalue weighted by Gasteiger charge is -2.43. The Balaban J connectivity index is 1.40. The van der Waals surface area contributed by atoms with Gasteiger partial charge in [0.2, 0.25) is 0 Å². The monoisotopic (exact) mass is 697 g/mol. The zero-order valence-electron chi connectivity index (χ0n) is 27.7. The van der Waals surface area contributed by atoms with E-state index in [1.54, 1.807) is 42.0 Å². The number of benzene rings is 4. The molecule has 6 rings (SSSR count). The van der Waals surface area contributed by atoms with Crippen molar-refractivity contribution in [1.29, 1.82) is 0 Å². The van der Waals surface area contributed by atoms with Crippen LogP contribution in [-0.4, -0.2) is 37.9 Å². The Morgan fingerprint density at radius 3 is 2.08 bits per heavy atom. The van der Waals surface area contributed by atoms with E-state index in [4.69, 9.17) is 13.6 Å². The number of hydrogen-bond acceptors (Lipinski definition) is 6. The van der Waals surface area contributed by atoms with Gasteiger partial charge in [0, 0.05) is 36.6 Å². The van der Waals surface area contributed by atoms with Crippen molar-refractivity contribution in [1.82, 2.24) is 14.5 Å². The van der Waals surface area contributed by atoms with Gasteiger partial charge >= 0.3 is 0 Å². The number of nitrogens with zero attached hydrogens (tertiary/aromatic N) is 3. The Bertz CT molecular complexity index is 2170. The number of pyridine rings is 1. The summed E-state index contributed by atoms with van der Waals surface area (Å²) in [6.07, 6.45) is 3.08. The molecule has 252 valence electrons. The van der Waals surface area contributed by atoms with Crippen LogP contribution in [0.5, 0.6) is 0 Å². The normalized spacial score (nSPS) is 12.4. The highest BCUT2D eigenvalue weighted by Gasteiger charge is 2.50. The molecule has 0 aliphatic heterocycles. The van der Waals surface area contributed by atoms with Crippen LogP contribution in [0, 0.1) is 18.6 Å². The van der Waals surface area contributed by atoms with Crippen molar-refractivity contribution in [3.8, 4) is 11.4 Å². The lowest BCUT2D eigenvalue weighted by molar-refractivity contribution is 0.282. The summed E-state index contributed by atoms with van der Waals surface area (Å²) >= 11 is 0. The molecule has 0 spiro atoms. The van der Waals surface area contributed by atoms with Crippen molar-refractivity contribution in [3.63, 3.8) is 0 Å². The molecule has 0 N–H and O–H groups in total. The molecule has 11 heteroatoms. The smallest absolute Gasteiger partial charge is 0.297 e. The number of aryl methyl sites for hydroxylation is 1. The zero-order valence-corrected chi connectivity index (χ0v) is 29.5. The Hall–Kier alpha value is -4.55. The Morgan fingerprint density at radius 2 is 1.45 bits per heavy atom. The summed E-state index contributed by atoms with van der Waals surface area (Å²) in [6, 6.07) is 30.8. The van der Waals surface area contributed by atoms with Gasteiger partial charge in [-0.3, -0.25) is 9.17 Å². The molecule has 0 amide bonds. The predicted octanol–water partition coefficient (Wildman–Crippen LogP) is 7.17. The van der Waals surface area contributed by atoms with Crippen LogP contribution in [0.4, 0.5) is 8.78 Å². The van der Waals surface area contributed by atoms with Crippen molar-refractivity contribution < 1.29 is 25.8 Å². The van der Waals surface area contributed by atoms with Crippen molar-refractivity contribution in [3.05, 3.63) is 138 Å². The molecule has 0 unspecified atom stereocenters. The van der Waals surface area contributed by atoms with Gasteiger partial charge in [0.1, 0.15) is 5.82 Å². The Kier molecular flexibility index (Phi) is 9.63. The zero-order chi connectivity index (χ0) is 34.8.